The van der Waals surface area contributed by atoms with Crippen molar-refractivity contribution in [3.63, 3.8) is 0 Å². The zero-order chi connectivity index (χ0) is 48.9. The zero-order valence-electron chi connectivity index (χ0n) is 44.4. The van der Waals surface area contributed by atoms with Crippen molar-refractivity contribution in [2.75, 3.05) is 0 Å². The van der Waals surface area contributed by atoms with Crippen LogP contribution in [0.2, 0.25) is 9.36 Å². The fourth-order valence-corrected chi connectivity index (χ4v) is 15.7. The fourth-order valence-electron chi connectivity index (χ4n) is 15.7. The van der Waals surface area contributed by atoms with E-state index in [9.17, 15) is 0 Å². The summed E-state index contributed by atoms with van der Waals surface area (Å²) < 4.78 is 4.64. The normalized spacial score (nSPS) is 27.7. The van der Waals surface area contributed by atoms with Crippen molar-refractivity contribution >= 4 is 0 Å². The summed E-state index contributed by atoms with van der Waals surface area (Å²) in [5, 5.41) is 30.9. The Bertz CT molecular complexity index is 2490. The van der Waals surface area contributed by atoms with Crippen molar-refractivity contribution in [3.8, 4) is 56.3 Å². The summed E-state index contributed by atoms with van der Waals surface area (Å²) in [6.07, 6.45) is 15.1. The molecule has 4 aromatic carbocycles. The van der Waals surface area contributed by atoms with E-state index in [-0.39, 0.29) is 56.1 Å². The third-order valence-corrected chi connectivity index (χ3v) is 18.4. The molecule has 5 aromatic rings. The summed E-state index contributed by atoms with van der Waals surface area (Å²) in [6, 6.07) is 29.1. The van der Waals surface area contributed by atoms with Crippen LogP contribution in [0.4, 0.5) is 0 Å². The Morgan fingerprint density at radius 3 is 1.07 bits per heavy atom. The van der Waals surface area contributed by atoms with Crippen LogP contribution in [0.25, 0.3) is 44.8 Å². The molecular weight excluding hydrogens is 1010 g/mol. The Morgan fingerprint density at radius 1 is 0.464 bits per heavy atom. The van der Waals surface area contributed by atoms with Crippen LogP contribution >= 0.6 is 0 Å². The molecule has 0 radical (unpaired) electrons. The number of benzene rings is 4. The summed E-state index contributed by atoms with van der Waals surface area (Å²) in [5.74, 6) is 5.57. The van der Waals surface area contributed by atoms with E-state index in [0.29, 0.717) is 11.8 Å². The van der Waals surface area contributed by atoms with Crippen LogP contribution in [-0.4, -0.2) is 4.98 Å². The van der Waals surface area contributed by atoms with Crippen molar-refractivity contribution in [2.45, 2.75) is 189 Å². The molecular formula is C65H81HfNO2. The van der Waals surface area contributed by atoms with Crippen molar-refractivity contribution < 1.29 is 33.1 Å². The molecule has 4 heteroatoms. The zero-order valence-corrected chi connectivity index (χ0v) is 48.0. The summed E-state index contributed by atoms with van der Waals surface area (Å²) in [6.45, 7) is 22.8. The predicted octanol–water partition coefficient (Wildman–Crippen LogP) is 16.8. The summed E-state index contributed by atoms with van der Waals surface area (Å²) in [7, 11) is 0. The van der Waals surface area contributed by atoms with Crippen molar-refractivity contribution in [1.29, 1.82) is 0 Å². The minimum atomic E-state index is -0.117. The summed E-state index contributed by atoms with van der Waals surface area (Å²) in [5.41, 5.74) is 14.2. The van der Waals surface area contributed by atoms with E-state index in [1.165, 1.54) is 60.8 Å². The van der Waals surface area contributed by atoms with Gasteiger partial charge in [0.2, 0.25) is 0 Å². The Balaban J connectivity index is 0.00000180. The first-order valence-electron chi connectivity index (χ1n) is 27.2. The SMILES string of the molecule is CC(C)c1ccc(-c2cc(C(C)(C)C)cc(C34CC5CC(CC(C5)C3)C4)c2[O-])c(-c2cccc(-c3cc(C(C)C)ccc3-c3cc(C(C)(C)C)cc(C45CC6CC(CC(C6)C4)C5)c3[O-])n2)c1.[CH3][Hf+2][CH3]. The van der Waals surface area contributed by atoms with Crippen LogP contribution in [0.1, 0.15) is 192 Å². The second kappa shape index (κ2) is 18.2. The van der Waals surface area contributed by atoms with Gasteiger partial charge in [-0.1, -0.05) is 135 Å². The minimum absolute atomic E-state index is 0.0177. The van der Waals surface area contributed by atoms with Gasteiger partial charge < -0.3 is 10.2 Å². The average molecular weight is 1090 g/mol. The number of aromatic nitrogens is 1. The Morgan fingerprint density at radius 2 is 0.783 bits per heavy atom. The topological polar surface area (TPSA) is 59.0 Å². The Hall–Kier alpha value is -3.50. The fraction of sp³-hybridized carbons (Fsp3) is 0.554. The van der Waals surface area contributed by atoms with E-state index in [1.54, 1.807) is 0 Å². The van der Waals surface area contributed by atoms with E-state index in [2.05, 4.69) is 157 Å². The van der Waals surface area contributed by atoms with Crippen LogP contribution in [0, 0.1) is 35.5 Å². The molecule has 1 aromatic heterocycles. The molecule has 0 aliphatic heterocycles. The number of hydrogen-bond acceptors (Lipinski definition) is 3. The van der Waals surface area contributed by atoms with E-state index >= 15 is 10.2 Å². The van der Waals surface area contributed by atoms with Crippen LogP contribution in [0.15, 0.2) is 78.9 Å². The van der Waals surface area contributed by atoms with Gasteiger partial charge in [0.05, 0.1) is 11.4 Å². The molecule has 8 bridgehead atoms. The molecule has 0 N–H and O–H groups in total. The second-order valence-electron chi connectivity index (χ2n) is 26.5. The molecule has 3 nitrogen and oxygen atoms in total. The van der Waals surface area contributed by atoms with Crippen molar-refractivity contribution in [1.82, 2.24) is 4.98 Å². The van der Waals surface area contributed by atoms with Gasteiger partial charge in [-0.25, -0.2) is 4.98 Å². The molecule has 0 unspecified atom stereocenters. The van der Waals surface area contributed by atoms with Crippen LogP contribution in [0.5, 0.6) is 11.5 Å². The maximum atomic E-state index is 15.5. The third kappa shape index (κ3) is 9.09. The first kappa shape index (κ1) is 49.1. The van der Waals surface area contributed by atoms with Gasteiger partial charge in [-0.2, -0.15) is 0 Å². The van der Waals surface area contributed by atoms with E-state index in [1.807, 2.05) is 0 Å². The van der Waals surface area contributed by atoms with Crippen LogP contribution < -0.4 is 10.2 Å². The van der Waals surface area contributed by atoms with Gasteiger partial charge in [-0.3, -0.25) is 0 Å². The Labute approximate surface area is 428 Å². The van der Waals surface area contributed by atoms with Gasteiger partial charge in [0.25, 0.3) is 0 Å². The Kier molecular flexibility index (Phi) is 13.0. The van der Waals surface area contributed by atoms with Crippen LogP contribution in [0.3, 0.4) is 0 Å². The molecule has 8 aliphatic carbocycles. The van der Waals surface area contributed by atoms with Crippen LogP contribution in [-0.2, 0) is 44.6 Å². The number of hydrogen-bond donors (Lipinski definition) is 0. The number of pyridine rings is 1. The second-order valence-corrected chi connectivity index (χ2v) is 30.1. The van der Waals surface area contributed by atoms with Crippen molar-refractivity contribution in [3.05, 3.63) is 112 Å². The van der Waals surface area contributed by atoms with Gasteiger partial charge >= 0.3 is 32.3 Å². The first-order valence-corrected chi connectivity index (χ1v) is 34.4. The molecule has 1 heterocycles. The molecule has 0 amide bonds. The first-order chi connectivity index (χ1) is 32.7. The summed E-state index contributed by atoms with van der Waals surface area (Å²) in [4.78, 5) is 5.64. The third-order valence-electron chi connectivity index (χ3n) is 18.4. The molecule has 0 atom stereocenters. The van der Waals surface area contributed by atoms with Gasteiger partial charge in [-0.15, -0.1) is 0 Å². The van der Waals surface area contributed by atoms with Gasteiger partial charge in [-0.05, 0) is 226 Å². The molecule has 8 aliphatic rings. The number of nitrogens with zero attached hydrogens (tertiary/aromatic N) is 1. The van der Waals surface area contributed by atoms with E-state index in [4.69, 9.17) is 4.98 Å². The van der Waals surface area contributed by atoms with Gasteiger partial charge in [0, 0.05) is 11.1 Å². The van der Waals surface area contributed by atoms with E-state index < -0.39 is 0 Å². The molecule has 362 valence electrons. The average Bonchev–Trinajstić information content (AvgIpc) is 3.27. The monoisotopic (exact) mass is 1090 g/mol. The quantitative estimate of drug-likeness (QED) is 0.146. The molecule has 8 saturated carbocycles. The molecule has 13 rings (SSSR count). The summed E-state index contributed by atoms with van der Waals surface area (Å²) >= 11 is 0.0833. The molecule has 8 fully saturated rings. The molecule has 69 heavy (non-hydrogen) atoms. The predicted molar refractivity (Wildman–Crippen MR) is 282 cm³/mol. The van der Waals surface area contributed by atoms with Crippen molar-refractivity contribution in [2.24, 2.45) is 35.5 Å². The standard InChI is InChI=1S/C63H77NO2.2CH3.Hf/c1-36(2)44-14-16-48(52-26-46(60(5,6)7)28-54(58(52)65)62-30-38-18-39(31-62)20-40(19-38)32-62)50(24-44)56-12-11-13-57(64-56)51-25-45(37(3)4)15-17-49(51)53-27-47(61(8,9)10)29-55(59(53)66)63-33-41-21-42(34-63)23-43(22-41)35-63;;;/h11-17,24-29,36-43,65-66H,18-23,30-35H2,1-10H3;2*1H3;/q;;;+2/p-2. The van der Waals surface area contributed by atoms with E-state index in [0.717, 1.165) is 130 Å². The molecule has 0 spiro atoms. The number of rotatable bonds is 8. The van der Waals surface area contributed by atoms with Gasteiger partial charge in [0.15, 0.2) is 0 Å². The molecule has 0 saturated heterocycles. The van der Waals surface area contributed by atoms with Gasteiger partial charge in [0.1, 0.15) is 0 Å². The maximum absolute atomic E-state index is 15.5.